The summed E-state index contributed by atoms with van der Waals surface area (Å²) in [6, 6.07) is 17.7. The minimum atomic E-state index is 0.101. The van der Waals surface area contributed by atoms with Gasteiger partial charge in [0.15, 0.2) is 0 Å². The first kappa shape index (κ1) is 19.2. The third-order valence-corrected chi connectivity index (χ3v) is 5.51. The van der Waals surface area contributed by atoms with Gasteiger partial charge in [0.05, 0.1) is 0 Å². The highest BCUT2D eigenvalue weighted by atomic mass is 16.5. The maximum Gasteiger partial charge on any atom is 0.224 e. The smallest absolute Gasteiger partial charge is 0.224 e. The number of benzene rings is 2. The number of nitrogens with one attached hydrogen (secondary N) is 1. The Morgan fingerprint density at radius 3 is 2.41 bits per heavy atom. The van der Waals surface area contributed by atoms with E-state index in [1.165, 1.54) is 25.7 Å². The Hall–Kier alpha value is -2.55. The molecule has 3 heteroatoms. The van der Waals surface area contributed by atoms with Crippen molar-refractivity contribution in [3.63, 3.8) is 0 Å². The van der Waals surface area contributed by atoms with Crippen molar-refractivity contribution in [2.24, 2.45) is 5.41 Å². The molecule has 27 heavy (non-hydrogen) atoms. The van der Waals surface area contributed by atoms with Crippen LogP contribution in [0.1, 0.15) is 56.6 Å². The second-order valence-electron chi connectivity index (χ2n) is 7.84. The highest BCUT2D eigenvalue weighted by Gasteiger charge is 2.28. The number of amides is 1. The summed E-state index contributed by atoms with van der Waals surface area (Å²) in [5.74, 6) is 0.762. The summed E-state index contributed by atoms with van der Waals surface area (Å²) in [6.45, 7) is 6.75. The van der Waals surface area contributed by atoms with E-state index in [4.69, 9.17) is 4.74 Å². The average molecular weight is 364 g/mol. The van der Waals surface area contributed by atoms with Gasteiger partial charge in [0.2, 0.25) is 5.91 Å². The SMILES string of the molecule is C=C(OCc1ccc(NC(=O)CCC2(C)CCCC2)cc1)c1ccccc1. The van der Waals surface area contributed by atoms with E-state index < -0.39 is 0 Å². The molecule has 0 saturated heterocycles. The predicted octanol–water partition coefficient (Wildman–Crippen LogP) is 6.17. The van der Waals surface area contributed by atoms with E-state index in [1.54, 1.807) is 0 Å². The number of ether oxygens (including phenoxy) is 1. The van der Waals surface area contributed by atoms with Crippen LogP contribution in [0.3, 0.4) is 0 Å². The Balaban J connectivity index is 1.44. The zero-order valence-corrected chi connectivity index (χ0v) is 16.2. The van der Waals surface area contributed by atoms with Gasteiger partial charge in [-0.05, 0) is 42.4 Å². The summed E-state index contributed by atoms with van der Waals surface area (Å²) in [7, 11) is 0. The molecule has 0 bridgehead atoms. The molecule has 0 spiro atoms. The normalized spacial score (nSPS) is 15.3. The van der Waals surface area contributed by atoms with E-state index in [1.807, 2.05) is 54.6 Å². The van der Waals surface area contributed by atoms with E-state index in [9.17, 15) is 4.79 Å². The van der Waals surface area contributed by atoms with Gasteiger partial charge in [-0.25, -0.2) is 0 Å². The summed E-state index contributed by atoms with van der Waals surface area (Å²) < 4.78 is 5.76. The van der Waals surface area contributed by atoms with Gasteiger partial charge in [-0.15, -0.1) is 0 Å². The van der Waals surface area contributed by atoms with Gasteiger partial charge in [-0.2, -0.15) is 0 Å². The maximum atomic E-state index is 12.2. The molecule has 0 radical (unpaired) electrons. The Labute approximate surface area is 162 Å². The van der Waals surface area contributed by atoms with Crippen molar-refractivity contribution >= 4 is 17.4 Å². The highest BCUT2D eigenvalue weighted by molar-refractivity contribution is 5.90. The lowest BCUT2D eigenvalue weighted by Gasteiger charge is -2.22. The molecule has 1 fully saturated rings. The van der Waals surface area contributed by atoms with Crippen LogP contribution >= 0.6 is 0 Å². The molecule has 0 unspecified atom stereocenters. The lowest BCUT2D eigenvalue weighted by atomic mass is 9.84. The number of carbonyl (C=O) groups is 1. The standard InChI is InChI=1S/C24H29NO2/c1-19(21-8-4-3-5-9-21)27-18-20-10-12-22(13-11-20)25-23(26)14-17-24(2)15-6-7-16-24/h3-5,8-13H,1,6-7,14-18H2,2H3,(H,25,26). The predicted molar refractivity (Wildman–Crippen MR) is 111 cm³/mol. The number of hydrogen-bond acceptors (Lipinski definition) is 2. The molecule has 3 nitrogen and oxygen atoms in total. The van der Waals surface area contributed by atoms with Crippen LogP contribution in [0.5, 0.6) is 0 Å². The topological polar surface area (TPSA) is 38.3 Å². The first-order valence-corrected chi connectivity index (χ1v) is 9.80. The zero-order valence-electron chi connectivity index (χ0n) is 16.2. The molecule has 0 aromatic heterocycles. The third-order valence-electron chi connectivity index (χ3n) is 5.51. The number of hydrogen-bond donors (Lipinski definition) is 1. The molecule has 1 aliphatic carbocycles. The van der Waals surface area contributed by atoms with Crippen molar-refractivity contribution in [2.75, 3.05) is 5.32 Å². The van der Waals surface area contributed by atoms with Gasteiger partial charge in [0.1, 0.15) is 12.4 Å². The molecule has 142 valence electrons. The lowest BCUT2D eigenvalue weighted by molar-refractivity contribution is -0.116. The van der Waals surface area contributed by atoms with Crippen molar-refractivity contribution in [3.05, 3.63) is 72.3 Å². The van der Waals surface area contributed by atoms with Crippen LogP contribution in [0.2, 0.25) is 0 Å². The molecule has 3 rings (SSSR count). The molecule has 0 heterocycles. The van der Waals surface area contributed by atoms with E-state index in [2.05, 4.69) is 18.8 Å². The fourth-order valence-electron chi connectivity index (χ4n) is 3.68. The molecule has 2 aromatic carbocycles. The summed E-state index contributed by atoms with van der Waals surface area (Å²) in [4.78, 5) is 12.2. The third kappa shape index (κ3) is 5.72. The molecule has 2 aromatic rings. The zero-order chi connectivity index (χ0) is 19.1. The summed E-state index contributed by atoms with van der Waals surface area (Å²) in [6.07, 6.45) is 6.69. The van der Waals surface area contributed by atoms with Crippen molar-refractivity contribution in [2.45, 2.75) is 52.1 Å². The first-order valence-electron chi connectivity index (χ1n) is 9.80. The molecule has 1 N–H and O–H groups in total. The van der Waals surface area contributed by atoms with Crippen LogP contribution in [0.15, 0.2) is 61.2 Å². The van der Waals surface area contributed by atoms with Crippen molar-refractivity contribution < 1.29 is 9.53 Å². The largest absolute Gasteiger partial charge is 0.489 e. The average Bonchev–Trinajstić information content (AvgIpc) is 3.13. The Bertz CT molecular complexity index is 759. The minimum absolute atomic E-state index is 0.101. The van der Waals surface area contributed by atoms with Gasteiger partial charge in [0.25, 0.3) is 0 Å². The molecular formula is C24H29NO2. The van der Waals surface area contributed by atoms with Crippen molar-refractivity contribution in [1.29, 1.82) is 0 Å². The van der Waals surface area contributed by atoms with Gasteiger partial charge in [-0.3, -0.25) is 4.79 Å². The maximum absolute atomic E-state index is 12.2. The van der Waals surface area contributed by atoms with Crippen molar-refractivity contribution in [3.8, 4) is 0 Å². The van der Waals surface area contributed by atoms with E-state index >= 15 is 0 Å². The fourth-order valence-corrected chi connectivity index (χ4v) is 3.68. The van der Waals surface area contributed by atoms with E-state index in [-0.39, 0.29) is 5.91 Å². The Morgan fingerprint density at radius 1 is 1.07 bits per heavy atom. The van der Waals surface area contributed by atoms with Gasteiger partial charge in [0, 0.05) is 17.7 Å². The summed E-state index contributed by atoms with van der Waals surface area (Å²) in [5.41, 5.74) is 3.22. The van der Waals surface area contributed by atoms with E-state index in [0.29, 0.717) is 24.2 Å². The highest BCUT2D eigenvalue weighted by Crippen LogP contribution is 2.41. The van der Waals surface area contributed by atoms with Crippen LogP contribution < -0.4 is 5.32 Å². The molecule has 0 aliphatic heterocycles. The number of anilines is 1. The molecule has 0 atom stereocenters. The van der Waals surface area contributed by atoms with Gasteiger partial charge >= 0.3 is 0 Å². The summed E-state index contributed by atoms with van der Waals surface area (Å²) >= 11 is 0. The molecule has 1 amide bonds. The van der Waals surface area contributed by atoms with Gasteiger partial charge in [-0.1, -0.05) is 68.8 Å². The first-order chi connectivity index (χ1) is 13.0. The Morgan fingerprint density at radius 2 is 1.74 bits per heavy atom. The Kier molecular flexibility index (Phi) is 6.33. The second kappa shape index (κ2) is 8.90. The summed E-state index contributed by atoms with van der Waals surface area (Å²) in [5, 5.41) is 3.00. The van der Waals surface area contributed by atoms with E-state index in [0.717, 1.165) is 23.2 Å². The van der Waals surface area contributed by atoms with Crippen LogP contribution in [-0.4, -0.2) is 5.91 Å². The van der Waals surface area contributed by atoms with Gasteiger partial charge < -0.3 is 10.1 Å². The van der Waals surface area contributed by atoms with Crippen LogP contribution in [0.25, 0.3) is 5.76 Å². The fraction of sp³-hybridized carbons (Fsp3) is 0.375. The van der Waals surface area contributed by atoms with Crippen molar-refractivity contribution in [1.82, 2.24) is 0 Å². The molecular weight excluding hydrogens is 334 g/mol. The quantitative estimate of drug-likeness (QED) is 0.569. The minimum Gasteiger partial charge on any atom is -0.489 e. The number of carbonyl (C=O) groups excluding carboxylic acids is 1. The second-order valence-corrected chi connectivity index (χ2v) is 7.84. The lowest BCUT2D eigenvalue weighted by Crippen LogP contribution is -2.17. The monoisotopic (exact) mass is 363 g/mol. The van der Waals surface area contributed by atoms with Crippen LogP contribution in [-0.2, 0) is 16.1 Å². The van der Waals surface area contributed by atoms with Crippen LogP contribution in [0.4, 0.5) is 5.69 Å². The molecule has 1 saturated carbocycles. The van der Waals surface area contributed by atoms with Crippen LogP contribution in [0, 0.1) is 5.41 Å². The molecule has 1 aliphatic rings. The number of rotatable bonds is 8.